The fourth-order valence-electron chi connectivity index (χ4n) is 1.45. The molecule has 6 heteroatoms. The minimum absolute atomic E-state index is 0.0622. The Morgan fingerprint density at radius 3 is 2.83 bits per heavy atom. The molecule has 0 amide bonds. The molecule has 0 N–H and O–H groups in total. The smallest absolute Gasteiger partial charge is 0.283 e. The monoisotopic (exact) mass is 327 g/mol. The van der Waals surface area contributed by atoms with Crippen LogP contribution < -0.4 is 0 Å². The van der Waals surface area contributed by atoms with Crippen LogP contribution in [0.15, 0.2) is 40.2 Å². The first-order chi connectivity index (χ1) is 8.66. The van der Waals surface area contributed by atoms with Crippen molar-refractivity contribution in [2.75, 3.05) is 0 Å². The van der Waals surface area contributed by atoms with Crippen LogP contribution in [-0.2, 0) is 18.0 Å². The number of rotatable bonds is 5. The largest absolute Gasteiger partial charge is 0.371 e. The van der Waals surface area contributed by atoms with Gasteiger partial charge in [0, 0.05) is 10.9 Å². The van der Waals surface area contributed by atoms with Gasteiger partial charge >= 0.3 is 0 Å². The van der Waals surface area contributed by atoms with E-state index >= 15 is 0 Å². The number of thiophene rings is 1. The van der Waals surface area contributed by atoms with E-state index in [2.05, 4.69) is 15.9 Å². The minimum Gasteiger partial charge on any atom is -0.371 e. The molecule has 0 aliphatic rings. The summed E-state index contributed by atoms with van der Waals surface area (Å²) in [5.74, 6) is 0. The number of halogens is 1. The zero-order valence-corrected chi connectivity index (χ0v) is 11.7. The Kier molecular flexibility index (Phi) is 4.46. The van der Waals surface area contributed by atoms with Gasteiger partial charge in [0.15, 0.2) is 0 Å². The molecule has 0 aliphatic heterocycles. The van der Waals surface area contributed by atoms with Crippen molar-refractivity contribution in [1.82, 2.24) is 0 Å². The van der Waals surface area contributed by atoms with Gasteiger partial charge in [-0.2, -0.15) is 0 Å². The molecular formula is C12H10BrNO3S. The summed E-state index contributed by atoms with van der Waals surface area (Å²) in [6.07, 6.45) is 0. The number of benzene rings is 1. The van der Waals surface area contributed by atoms with Gasteiger partial charge in [0.1, 0.15) is 0 Å². The topological polar surface area (TPSA) is 52.4 Å². The van der Waals surface area contributed by atoms with Crippen molar-refractivity contribution < 1.29 is 9.66 Å². The number of nitro groups is 1. The van der Waals surface area contributed by atoms with Gasteiger partial charge in [-0.3, -0.25) is 10.1 Å². The molecule has 1 heterocycles. The summed E-state index contributed by atoms with van der Waals surface area (Å²) in [5, 5.41) is 12.8. The lowest BCUT2D eigenvalue weighted by Gasteiger charge is -2.03. The van der Waals surface area contributed by atoms with E-state index in [0.29, 0.717) is 17.7 Å². The lowest BCUT2D eigenvalue weighted by atomic mass is 10.2. The first-order valence-corrected chi connectivity index (χ1v) is 6.87. The second kappa shape index (κ2) is 6.08. The fraction of sp³-hybridized carbons (Fsp3) is 0.167. The first-order valence-electron chi connectivity index (χ1n) is 5.20. The molecule has 1 aromatic heterocycles. The maximum Gasteiger partial charge on any atom is 0.283 e. The molecule has 0 radical (unpaired) electrons. The molecule has 94 valence electrons. The van der Waals surface area contributed by atoms with Crippen LogP contribution in [-0.4, -0.2) is 4.92 Å². The second-order valence-electron chi connectivity index (χ2n) is 3.62. The van der Waals surface area contributed by atoms with Crippen LogP contribution in [0.25, 0.3) is 0 Å². The van der Waals surface area contributed by atoms with Gasteiger partial charge in [0.2, 0.25) is 0 Å². The third kappa shape index (κ3) is 3.38. The molecule has 4 nitrogen and oxygen atoms in total. The Bertz CT molecular complexity index is 542. The van der Waals surface area contributed by atoms with E-state index in [-0.39, 0.29) is 5.69 Å². The van der Waals surface area contributed by atoms with Crippen LogP contribution in [0.5, 0.6) is 0 Å². The van der Waals surface area contributed by atoms with E-state index < -0.39 is 4.92 Å². The second-order valence-corrected chi connectivity index (χ2v) is 5.50. The van der Waals surface area contributed by atoms with E-state index in [9.17, 15) is 10.1 Å². The van der Waals surface area contributed by atoms with Crippen molar-refractivity contribution in [3.8, 4) is 0 Å². The third-order valence-electron chi connectivity index (χ3n) is 2.30. The maximum absolute atomic E-state index is 10.8. The molecule has 0 bridgehead atoms. The maximum atomic E-state index is 10.8. The van der Waals surface area contributed by atoms with Gasteiger partial charge in [-0.05, 0) is 39.0 Å². The molecule has 1 aromatic carbocycles. The molecule has 2 rings (SSSR count). The summed E-state index contributed by atoms with van der Waals surface area (Å²) < 4.78 is 5.99. The molecule has 0 atom stereocenters. The summed E-state index contributed by atoms with van der Waals surface area (Å²) in [4.78, 5) is 11.5. The predicted octanol–water partition coefficient (Wildman–Crippen LogP) is 4.14. The Morgan fingerprint density at radius 2 is 2.17 bits per heavy atom. The van der Waals surface area contributed by atoms with E-state index in [1.54, 1.807) is 17.4 Å². The van der Waals surface area contributed by atoms with Gasteiger partial charge in [-0.25, -0.2) is 0 Å². The summed E-state index contributed by atoms with van der Waals surface area (Å²) in [6.45, 7) is 0.896. The van der Waals surface area contributed by atoms with E-state index in [1.165, 1.54) is 6.07 Å². The van der Waals surface area contributed by atoms with Crippen molar-refractivity contribution in [1.29, 1.82) is 0 Å². The van der Waals surface area contributed by atoms with E-state index in [4.69, 9.17) is 4.74 Å². The van der Waals surface area contributed by atoms with Crippen molar-refractivity contribution in [3.05, 3.63) is 60.7 Å². The van der Waals surface area contributed by atoms with E-state index in [0.717, 1.165) is 10.4 Å². The number of hydrogen-bond acceptors (Lipinski definition) is 4. The van der Waals surface area contributed by atoms with E-state index in [1.807, 2.05) is 23.6 Å². The molecule has 0 saturated heterocycles. The molecule has 0 fully saturated rings. The number of ether oxygens (including phenoxy) is 1. The van der Waals surface area contributed by atoms with Gasteiger partial charge in [0.25, 0.3) is 5.69 Å². The van der Waals surface area contributed by atoms with Gasteiger partial charge in [-0.1, -0.05) is 12.1 Å². The van der Waals surface area contributed by atoms with Crippen LogP contribution in [0.4, 0.5) is 5.69 Å². The van der Waals surface area contributed by atoms with Gasteiger partial charge < -0.3 is 4.74 Å². The highest BCUT2D eigenvalue weighted by molar-refractivity contribution is 9.10. The third-order valence-corrected chi connectivity index (χ3v) is 3.82. The van der Waals surface area contributed by atoms with Crippen LogP contribution in [0.1, 0.15) is 10.4 Å². The summed E-state index contributed by atoms with van der Waals surface area (Å²) in [6, 6.07) is 8.97. The van der Waals surface area contributed by atoms with Crippen molar-refractivity contribution >= 4 is 33.0 Å². The molecule has 2 aromatic rings. The van der Waals surface area contributed by atoms with Gasteiger partial charge in [-0.15, -0.1) is 11.3 Å². The Morgan fingerprint density at radius 1 is 1.33 bits per heavy atom. The van der Waals surface area contributed by atoms with Crippen LogP contribution in [0.3, 0.4) is 0 Å². The highest BCUT2D eigenvalue weighted by Crippen LogP contribution is 2.26. The lowest BCUT2D eigenvalue weighted by Crippen LogP contribution is -1.95. The zero-order valence-electron chi connectivity index (χ0n) is 9.34. The standard InChI is InChI=1S/C12H10BrNO3S/c13-11-4-3-9(6-12(11)14(15)16)7-17-8-10-2-1-5-18-10/h1-6H,7-8H2. The minimum atomic E-state index is -0.410. The van der Waals surface area contributed by atoms with Crippen LogP contribution >= 0.6 is 27.3 Å². The number of hydrogen-bond donors (Lipinski definition) is 0. The first kappa shape index (κ1) is 13.2. The Labute approximate surface area is 116 Å². The summed E-state index contributed by atoms with van der Waals surface area (Å²) >= 11 is 4.78. The molecule has 0 aliphatic carbocycles. The SMILES string of the molecule is O=[N+]([O-])c1cc(COCc2cccs2)ccc1Br. The summed E-state index contributed by atoms with van der Waals surface area (Å²) in [7, 11) is 0. The Balaban J connectivity index is 1.97. The van der Waals surface area contributed by atoms with Crippen molar-refractivity contribution in [3.63, 3.8) is 0 Å². The average molecular weight is 328 g/mol. The molecule has 18 heavy (non-hydrogen) atoms. The summed E-state index contributed by atoms with van der Waals surface area (Å²) in [5.41, 5.74) is 0.855. The van der Waals surface area contributed by atoms with Crippen molar-refractivity contribution in [2.24, 2.45) is 0 Å². The molecular weight excluding hydrogens is 318 g/mol. The van der Waals surface area contributed by atoms with Crippen LogP contribution in [0.2, 0.25) is 0 Å². The predicted molar refractivity (Wildman–Crippen MR) is 73.6 cm³/mol. The quantitative estimate of drug-likeness (QED) is 0.612. The molecule has 0 unspecified atom stereocenters. The average Bonchev–Trinajstić information content (AvgIpc) is 2.84. The zero-order chi connectivity index (χ0) is 13.0. The van der Waals surface area contributed by atoms with Gasteiger partial charge in [0.05, 0.1) is 22.6 Å². The highest BCUT2D eigenvalue weighted by atomic mass is 79.9. The van der Waals surface area contributed by atoms with Crippen LogP contribution in [0, 0.1) is 10.1 Å². The molecule has 0 spiro atoms. The lowest BCUT2D eigenvalue weighted by molar-refractivity contribution is -0.385. The Hall–Kier alpha value is -1.24. The highest BCUT2D eigenvalue weighted by Gasteiger charge is 2.12. The number of nitro benzene ring substituents is 1. The number of nitrogens with zero attached hydrogens (tertiary/aromatic N) is 1. The fourth-order valence-corrected chi connectivity index (χ4v) is 2.48. The molecule has 0 saturated carbocycles. The van der Waals surface area contributed by atoms with Crippen molar-refractivity contribution in [2.45, 2.75) is 13.2 Å². The normalized spacial score (nSPS) is 10.5.